The highest BCUT2D eigenvalue weighted by atomic mass is 16.6. The van der Waals surface area contributed by atoms with Gasteiger partial charge in [-0.15, -0.1) is 0 Å². The molecule has 2 nitrogen and oxygen atoms in total. The fraction of sp³-hybridized carbons (Fsp3) is 0.200. The van der Waals surface area contributed by atoms with Crippen LogP contribution in [0.4, 0.5) is 0 Å². The van der Waals surface area contributed by atoms with E-state index in [2.05, 4.69) is 12.1 Å². The molecule has 3 rings (SSSR count). The first-order valence-electron chi connectivity index (χ1n) is 5.82. The van der Waals surface area contributed by atoms with Crippen LogP contribution in [-0.4, -0.2) is 12.7 Å². The smallest absolute Gasteiger partial charge is 0.152 e. The summed E-state index contributed by atoms with van der Waals surface area (Å²) in [5, 5.41) is 0. The molecule has 86 valence electrons. The minimum absolute atomic E-state index is 0.00130. The van der Waals surface area contributed by atoms with Crippen LogP contribution in [0.3, 0.4) is 0 Å². The molecule has 1 aliphatic heterocycles. The van der Waals surface area contributed by atoms with E-state index in [9.17, 15) is 0 Å². The van der Waals surface area contributed by atoms with Crippen LogP contribution in [0.15, 0.2) is 60.7 Å². The van der Waals surface area contributed by atoms with E-state index in [1.54, 1.807) is 0 Å². The Labute approximate surface area is 101 Å². The zero-order valence-corrected chi connectivity index (χ0v) is 9.45. The topological polar surface area (TPSA) is 21.8 Å². The average molecular weight is 226 g/mol. The molecule has 0 aliphatic carbocycles. The van der Waals surface area contributed by atoms with Gasteiger partial charge in [-0.1, -0.05) is 48.5 Å². The lowest BCUT2D eigenvalue weighted by molar-refractivity contribution is 0.161. The number of benzene rings is 2. The third-order valence-electron chi connectivity index (χ3n) is 2.83. The molecule has 1 aliphatic rings. The molecule has 0 saturated carbocycles. The van der Waals surface area contributed by atoms with Gasteiger partial charge < -0.3 is 9.47 Å². The molecule has 1 heterocycles. The molecular weight excluding hydrogens is 212 g/mol. The Bertz CT molecular complexity index is 463. The van der Waals surface area contributed by atoms with Gasteiger partial charge in [-0.25, -0.2) is 0 Å². The largest absolute Gasteiger partial charge is 0.483 e. The summed E-state index contributed by atoms with van der Waals surface area (Å²) in [6.45, 7) is 0.784. The summed E-state index contributed by atoms with van der Waals surface area (Å²) in [5.41, 5.74) is 1.17. The molecule has 2 heteroatoms. The fourth-order valence-electron chi connectivity index (χ4n) is 1.88. The second kappa shape index (κ2) is 4.60. The monoisotopic (exact) mass is 226 g/mol. The number of para-hydroxylation sites is 1. The summed E-state index contributed by atoms with van der Waals surface area (Å²) in [4.78, 5) is 0. The Balaban J connectivity index is 1.82. The quantitative estimate of drug-likeness (QED) is 0.747. The molecule has 2 unspecified atom stereocenters. The second-order valence-corrected chi connectivity index (χ2v) is 4.13. The molecule has 0 spiro atoms. The van der Waals surface area contributed by atoms with Crippen molar-refractivity contribution in [3.8, 4) is 5.75 Å². The van der Waals surface area contributed by atoms with E-state index in [-0.39, 0.29) is 12.2 Å². The standard InChI is InChI=1S/C15H14O2/c1-3-7-12(8-4-1)15(14-11-16-14)17-13-9-5-2-6-10-13/h1-10,14-15H,11H2. The van der Waals surface area contributed by atoms with Gasteiger partial charge >= 0.3 is 0 Å². The van der Waals surface area contributed by atoms with Crippen molar-refractivity contribution in [3.63, 3.8) is 0 Å². The number of hydrogen-bond acceptors (Lipinski definition) is 2. The van der Waals surface area contributed by atoms with Gasteiger partial charge in [-0.05, 0) is 17.7 Å². The highest BCUT2D eigenvalue weighted by Gasteiger charge is 2.35. The molecule has 17 heavy (non-hydrogen) atoms. The number of ether oxygens (including phenoxy) is 2. The van der Waals surface area contributed by atoms with Gasteiger partial charge in [0.25, 0.3) is 0 Å². The zero-order chi connectivity index (χ0) is 11.5. The van der Waals surface area contributed by atoms with Gasteiger partial charge in [0.15, 0.2) is 6.10 Å². The summed E-state index contributed by atoms with van der Waals surface area (Å²) < 4.78 is 11.4. The normalized spacial score (nSPS) is 19.6. The minimum Gasteiger partial charge on any atom is -0.483 e. The van der Waals surface area contributed by atoms with Gasteiger partial charge in [0.1, 0.15) is 11.9 Å². The van der Waals surface area contributed by atoms with Crippen molar-refractivity contribution in [3.05, 3.63) is 66.2 Å². The van der Waals surface area contributed by atoms with E-state index in [1.807, 2.05) is 48.5 Å². The molecule has 0 amide bonds. The molecule has 0 N–H and O–H groups in total. The van der Waals surface area contributed by atoms with Crippen molar-refractivity contribution in [1.82, 2.24) is 0 Å². The molecule has 0 bridgehead atoms. The number of rotatable bonds is 4. The summed E-state index contributed by atoms with van der Waals surface area (Å²) in [7, 11) is 0. The minimum atomic E-state index is -0.00130. The molecular formula is C15H14O2. The first kappa shape index (κ1) is 10.4. The van der Waals surface area contributed by atoms with E-state index in [1.165, 1.54) is 5.56 Å². The fourth-order valence-corrected chi connectivity index (χ4v) is 1.88. The SMILES string of the molecule is c1ccc(OC(c2ccccc2)C2CO2)cc1. The summed E-state index contributed by atoms with van der Waals surface area (Å²) in [6, 6.07) is 20.1. The summed E-state index contributed by atoms with van der Waals surface area (Å²) in [5.74, 6) is 0.886. The highest BCUT2D eigenvalue weighted by Crippen LogP contribution is 2.32. The van der Waals surface area contributed by atoms with E-state index in [4.69, 9.17) is 9.47 Å². The Morgan fingerprint density at radius 1 is 0.941 bits per heavy atom. The Hall–Kier alpha value is -1.80. The van der Waals surface area contributed by atoms with Gasteiger partial charge in [0, 0.05) is 0 Å². The van der Waals surface area contributed by atoms with Crippen LogP contribution < -0.4 is 4.74 Å². The summed E-state index contributed by atoms with van der Waals surface area (Å²) >= 11 is 0. The van der Waals surface area contributed by atoms with Crippen LogP contribution in [-0.2, 0) is 4.74 Å². The lowest BCUT2D eigenvalue weighted by Gasteiger charge is -2.17. The van der Waals surface area contributed by atoms with E-state index < -0.39 is 0 Å². The molecule has 1 fully saturated rings. The van der Waals surface area contributed by atoms with E-state index >= 15 is 0 Å². The zero-order valence-electron chi connectivity index (χ0n) is 9.45. The van der Waals surface area contributed by atoms with E-state index in [0.29, 0.717) is 0 Å². The maximum atomic E-state index is 6.00. The van der Waals surface area contributed by atoms with Crippen LogP contribution in [0.5, 0.6) is 5.75 Å². The Morgan fingerprint density at radius 3 is 2.12 bits per heavy atom. The first-order valence-corrected chi connectivity index (χ1v) is 5.82. The Kier molecular flexibility index (Phi) is 2.80. The first-order chi connectivity index (χ1) is 8.43. The third kappa shape index (κ3) is 2.48. The second-order valence-electron chi connectivity index (χ2n) is 4.13. The highest BCUT2D eigenvalue weighted by molar-refractivity contribution is 5.25. The van der Waals surface area contributed by atoms with Gasteiger partial charge in [-0.2, -0.15) is 0 Å². The van der Waals surface area contributed by atoms with Gasteiger partial charge in [-0.3, -0.25) is 0 Å². The van der Waals surface area contributed by atoms with Crippen molar-refractivity contribution >= 4 is 0 Å². The lowest BCUT2D eigenvalue weighted by Crippen LogP contribution is -2.13. The average Bonchev–Trinajstić information content (AvgIpc) is 3.23. The van der Waals surface area contributed by atoms with Crippen molar-refractivity contribution in [1.29, 1.82) is 0 Å². The van der Waals surface area contributed by atoms with Crippen molar-refractivity contribution in [2.24, 2.45) is 0 Å². The van der Waals surface area contributed by atoms with E-state index in [0.717, 1.165) is 12.4 Å². The molecule has 2 aromatic rings. The number of epoxide rings is 1. The molecule has 0 radical (unpaired) electrons. The third-order valence-corrected chi connectivity index (χ3v) is 2.83. The van der Waals surface area contributed by atoms with Crippen LogP contribution in [0.25, 0.3) is 0 Å². The van der Waals surface area contributed by atoms with Gasteiger partial charge in [0.2, 0.25) is 0 Å². The van der Waals surface area contributed by atoms with Crippen LogP contribution in [0, 0.1) is 0 Å². The van der Waals surface area contributed by atoms with Crippen LogP contribution in [0.2, 0.25) is 0 Å². The van der Waals surface area contributed by atoms with Crippen molar-refractivity contribution in [2.45, 2.75) is 12.2 Å². The van der Waals surface area contributed by atoms with Gasteiger partial charge in [0.05, 0.1) is 6.61 Å². The maximum absolute atomic E-state index is 6.00. The van der Waals surface area contributed by atoms with Crippen LogP contribution >= 0.6 is 0 Å². The van der Waals surface area contributed by atoms with Crippen molar-refractivity contribution in [2.75, 3.05) is 6.61 Å². The number of hydrogen-bond donors (Lipinski definition) is 0. The summed E-state index contributed by atoms with van der Waals surface area (Å²) in [6.07, 6.45) is 0.191. The molecule has 2 aromatic carbocycles. The van der Waals surface area contributed by atoms with Crippen molar-refractivity contribution < 1.29 is 9.47 Å². The maximum Gasteiger partial charge on any atom is 0.152 e. The lowest BCUT2D eigenvalue weighted by atomic mass is 10.1. The predicted octanol–water partition coefficient (Wildman–Crippen LogP) is 3.21. The molecule has 1 saturated heterocycles. The Morgan fingerprint density at radius 2 is 1.53 bits per heavy atom. The van der Waals surface area contributed by atoms with Crippen LogP contribution in [0.1, 0.15) is 11.7 Å². The molecule has 2 atom stereocenters. The predicted molar refractivity (Wildman–Crippen MR) is 66.0 cm³/mol. The molecule has 0 aromatic heterocycles.